The van der Waals surface area contributed by atoms with Crippen molar-refractivity contribution < 1.29 is 4.74 Å². The number of hydrogen-bond acceptors (Lipinski definition) is 3. The second-order valence-corrected chi connectivity index (χ2v) is 4.97. The summed E-state index contributed by atoms with van der Waals surface area (Å²) in [4.78, 5) is 3.25. The molecule has 0 aliphatic heterocycles. The maximum Gasteiger partial charge on any atom is 0.119 e. The van der Waals surface area contributed by atoms with Crippen LogP contribution < -0.4 is 10.5 Å². The number of aromatic amines is 1. The molecule has 100 valence electrons. The van der Waals surface area contributed by atoms with E-state index in [9.17, 15) is 0 Å². The van der Waals surface area contributed by atoms with Crippen LogP contribution in [0.25, 0.3) is 10.9 Å². The molecule has 0 aliphatic carbocycles. The first-order chi connectivity index (χ1) is 8.79. The molecule has 2 heterocycles. The molecule has 0 radical (unpaired) electrons. The lowest BCUT2D eigenvalue weighted by Crippen LogP contribution is -2.10. The van der Waals surface area contributed by atoms with Crippen LogP contribution in [-0.2, 0) is 0 Å². The van der Waals surface area contributed by atoms with Crippen molar-refractivity contribution in [2.45, 2.75) is 6.04 Å². The van der Waals surface area contributed by atoms with Crippen LogP contribution >= 0.6 is 23.7 Å². The smallest absolute Gasteiger partial charge is 0.119 e. The van der Waals surface area contributed by atoms with Crippen molar-refractivity contribution in [1.29, 1.82) is 0 Å². The molecule has 3 aromatic rings. The van der Waals surface area contributed by atoms with E-state index in [1.807, 2.05) is 29.8 Å². The molecule has 3 N–H and O–H groups in total. The third-order valence-electron chi connectivity index (χ3n) is 3.16. The van der Waals surface area contributed by atoms with Gasteiger partial charge in [-0.1, -0.05) is 0 Å². The molecule has 1 aromatic carbocycles. The van der Waals surface area contributed by atoms with Gasteiger partial charge in [-0.25, -0.2) is 0 Å². The van der Waals surface area contributed by atoms with Crippen LogP contribution in [0.3, 0.4) is 0 Å². The van der Waals surface area contributed by atoms with Crippen molar-refractivity contribution in [3.05, 3.63) is 52.3 Å². The first-order valence-corrected chi connectivity index (χ1v) is 6.66. The molecule has 3 rings (SSSR count). The molecule has 2 aromatic heterocycles. The summed E-state index contributed by atoms with van der Waals surface area (Å²) in [6.45, 7) is 0. The summed E-state index contributed by atoms with van der Waals surface area (Å²) in [5.74, 6) is 0.848. The van der Waals surface area contributed by atoms with Gasteiger partial charge in [0.05, 0.1) is 13.2 Å². The fourth-order valence-corrected chi connectivity index (χ4v) is 2.83. The predicted molar refractivity (Wildman–Crippen MR) is 82.4 cm³/mol. The van der Waals surface area contributed by atoms with E-state index >= 15 is 0 Å². The molecule has 19 heavy (non-hydrogen) atoms. The number of hydrogen-bond donors (Lipinski definition) is 2. The summed E-state index contributed by atoms with van der Waals surface area (Å²) in [5, 5.41) is 5.25. The molecule has 0 saturated carbocycles. The van der Waals surface area contributed by atoms with Crippen molar-refractivity contribution in [3.8, 4) is 5.75 Å². The van der Waals surface area contributed by atoms with Crippen molar-refractivity contribution in [1.82, 2.24) is 4.98 Å². The molecule has 0 unspecified atom stereocenters. The third kappa shape index (κ3) is 2.47. The summed E-state index contributed by atoms with van der Waals surface area (Å²) >= 11 is 1.66. The lowest BCUT2D eigenvalue weighted by Gasteiger charge is -2.09. The lowest BCUT2D eigenvalue weighted by molar-refractivity contribution is 0.415. The Labute approximate surface area is 121 Å². The zero-order valence-corrected chi connectivity index (χ0v) is 12.1. The average Bonchev–Trinajstić information content (AvgIpc) is 3.06. The maximum atomic E-state index is 6.31. The fraction of sp³-hybridized carbons (Fsp3) is 0.143. The van der Waals surface area contributed by atoms with E-state index in [4.69, 9.17) is 10.5 Å². The summed E-state index contributed by atoms with van der Waals surface area (Å²) in [6, 6.07) is 7.94. The minimum atomic E-state index is -0.0999. The van der Waals surface area contributed by atoms with Crippen LogP contribution in [0.5, 0.6) is 5.75 Å². The molecule has 0 fully saturated rings. The second kappa shape index (κ2) is 5.65. The third-order valence-corrected chi connectivity index (χ3v) is 3.86. The summed E-state index contributed by atoms with van der Waals surface area (Å²) in [5.41, 5.74) is 9.63. The number of methoxy groups -OCH3 is 1. The van der Waals surface area contributed by atoms with Crippen LogP contribution in [0.4, 0.5) is 0 Å². The number of aromatic nitrogens is 1. The van der Waals surface area contributed by atoms with E-state index in [-0.39, 0.29) is 18.4 Å². The van der Waals surface area contributed by atoms with Gasteiger partial charge in [0.2, 0.25) is 0 Å². The van der Waals surface area contributed by atoms with E-state index in [1.165, 1.54) is 0 Å². The fourth-order valence-electron chi connectivity index (χ4n) is 2.14. The molecule has 0 saturated heterocycles. The number of nitrogens with one attached hydrogen (secondary N) is 1. The Hall–Kier alpha value is -1.49. The number of thiophene rings is 1. The number of H-pyrrole nitrogens is 1. The summed E-state index contributed by atoms with van der Waals surface area (Å²) in [7, 11) is 1.67. The quantitative estimate of drug-likeness (QED) is 0.774. The zero-order chi connectivity index (χ0) is 12.5. The van der Waals surface area contributed by atoms with Crippen LogP contribution in [-0.4, -0.2) is 12.1 Å². The van der Waals surface area contributed by atoms with Crippen molar-refractivity contribution in [2.24, 2.45) is 5.73 Å². The van der Waals surface area contributed by atoms with Gasteiger partial charge in [0, 0.05) is 17.1 Å². The van der Waals surface area contributed by atoms with Crippen molar-refractivity contribution in [3.63, 3.8) is 0 Å². The Morgan fingerprint density at radius 2 is 2.16 bits per heavy atom. The Morgan fingerprint density at radius 1 is 1.32 bits per heavy atom. The number of rotatable bonds is 3. The van der Waals surface area contributed by atoms with E-state index in [2.05, 4.69) is 16.4 Å². The molecule has 5 heteroatoms. The Balaban J connectivity index is 0.00000133. The van der Waals surface area contributed by atoms with E-state index in [0.717, 1.165) is 27.8 Å². The lowest BCUT2D eigenvalue weighted by atomic mass is 10.0. The normalized spacial score (nSPS) is 12.1. The number of ether oxygens (including phenoxy) is 1. The van der Waals surface area contributed by atoms with Gasteiger partial charge in [0.1, 0.15) is 5.75 Å². The van der Waals surface area contributed by atoms with Gasteiger partial charge >= 0.3 is 0 Å². The van der Waals surface area contributed by atoms with Gasteiger partial charge in [0.15, 0.2) is 0 Å². The topological polar surface area (TPSA) is 51.0 Å². The highest BCUT2D eigenvalue weighted by atomic mass is 35.5. The van der Waals surface area contributed by atoms with Gasteiger partial charge in [0.25, 0.3) is 0 Å². The number of nitrogens with two attached hydrogens (primary N) is 1. The Kier molecular flexibility index (Phi) is 4.14. The maximum absolute atomic E-state index is 6.31. The molecular weight excluding hydrogens is 280 g/mol. The number of benzene rings is 1. The summed E-state index contributed by atoms with van der Waals surface area (Å²) in [6.07, 6.45) is 1.98. The molecule has 0 spiro atoms. The predicted octanol–water partition coefficient (Wildman–Crippen LogP) is 3.71. The van der Waals surface area contributed by atoms with Gasteiger partial charge in [-0.15, -0.1) is 12.4 Å². The largest absolute Gasteiger partial charge is 0.497 e. The van der Waals surface area contributed by atoms with Crippen molar-refractivity contribution >= 4 is 34.6 Å². The molecule has 0 amide bonds. The first kappa shape index (κ1) is 13.9. The zero-order valence-electron chi connectivity index (χ0n) is 10.4. The monoisotopic (exact) mass is 294 g/mol. The highest BCUT2D eigenvalue weighted by Gasteiger charge is 2.14. The second-order valence-electron chi connectivity index (χ2n) is 4.19. The van der Waals surface area contributed by atoms with Crippen LogP contribution in [0.1, 0.15) is 17.2 Å². The van der Waals surface area contributed by atoms with E-state index < -0.39 is 0 Å². The SMILES string of the molecule is COc1ccc2[nH]cc([C@H](N)c3ccsc3)c2c1.Cl. The number of halogens is 1. The highest BCUT2D eigenvalue weighted by Crippen LogP contribution is 2.30. The Bertz CT molecular complexity index is 663. The van der Waals surface area contributed by atoms with Gasteiger partial charge in [-0.05, 0) is 46.2 Å². The molecule has 1 atom stereocenters. The van der Waals surface area contributed by atoms with Gasteiger partial charge in [-0.2, -0.15) is 11.3 Å². The molecular formula is C14H15ClN2OS. The standard InChI is InChI=1S/C14H14N2OS.ClH/c1-17-10-2-3-13-11(6-10)12(7-16-13)14(15)9-4-5-18-8-9;/h2-8,14,16H,15H2,1H3;1H/t14-;/m1./s1. The first-order valence-electron chi connectivity index (χ1n) is 5.72. The molecule has 0 aliphatic rings. The average molecular weight is 295 g/mol. The van der Waals surface area contributed by atoms with Crippen LogP contribution in [0, 0.1) is 0 Å². The van der Waals surface area contributed by atoms with E-state index in [0.29, 0.717) is 0 Å². The Morgan fingerprint density at radius 3 is 2.84 bits per heavy atom. The minimum absolute atomic E-state index is 0. The minimum Gasteiger partial charge on any atom is -0.497 e. The van der Waals surface area contributed by atoms with E-state index in [1.54, 1.807) is 18.4 Å². The van der Waals surface area contributed by atoms with Crippen LogP contribution in [0.15, 0.2) is 41.2 Å². The van der Waals surface area contributed by atoms with Crippen LogP contribution in [0.2, 0.25) is 0 Å². The summed E-state index contributed by atoms with van der Waals surface area (Å²) < 4.78 is 5.26. The van der Waals surface area contributed by atoms with Crippen molar-refractivity contribution in [2.75, 3.05) is 7.11 Å². The van der Waals surface area contributed by atoms with Gasteiger partial charge < -0.3 is 15.5 Å². The highest BCUT2D eigenvalue weighted by molar-refractivity contribution is 7.08. The molecule has 3 nitrogen and oxygen atoms in total. The van der Waals surface area contributed by atoms with Gasteiger partial charge in [-0.3, -0.25) is 0 Å². The number of fused-ring (bicyclic) bond motifs is 1. The molecule has 0 bridgehead atoms.